The molecule has 1 atom stereocenters. The van der Waals surface area contributed by atoms with Crippen molar-refractivity contribution >= 4 is 34.7 Å². The summed E-state index contributed by atoms with van der Waals surface area (Å²) in [6.07, 6.45) is 1.52. The normalized spacial score (nSPS) is 17.4. The molecular weight excluding hydrogens is 459 g/mol. The number of halogens is 2. The molecule has 2 heterocycles. The molecule has 6 nitrogen and oxygen atoms in total. The topological polar surface area (TPSA) is 79.7 Å². The highest BCUT2D eigenvalue weighted by atomic mass is 35.5. The predicted molar refractivity (Wildman–Crippen MR) is 127 cm³/mol. The highest BCUT2D eigenvalue weighted by Crippen LogP contribution is 2.42. The number of amides is 1. The number of aliphatic hydroxyl groups is 1. The molecule has 0 bridgehead atoms. The van der Waals surface area contributed by atoms with Crippen molar-refractivity contribution in [1.29, 1.82) is 0 Å². The summed E-state index contributed by atoms with van der Waals surface area (Å²) >= 11 is 5.95. The quantitative estimate of drug-likeness (QED) is 0.285. The van der Waals surface area contributed by atoms with E-state index < -0.39 is 23.5 Å². The maximum atomic E-state index is 13.8. The molecule has 0 spiro atoms. The number of aliphatic hydroxyl groups excluding tert-OH is 1. The SMILES string of the molecule is CC(C)COc1cccc(/C(O)=C2\C(=O)C(=O)N(c3ccc(F)c(Cl)c3)C2c2ccccn2)c1. The maximum absolute atomic E-state index is 13.8. The van der Waals surface area contributed by atoms with Crippen LogP contribution in [0.25, 0.3) is 5.76 Å². The van der Waals surface area contributed by atoms with Gasteiger partial charge in [-0.1, -0.05) is 43.6 Å². The summed E-state index contributed by atoms with van der Waals surface area (Å²) in [7, 11) is 0. The van der Waals surface area contributed by atoms with Gasteiger partial charge in [0.15, 0.2) is 0 Å². The highest BCUT2D eigenvalue weighted by Gasteiger charge is 2.47. The molecule has 1 aromatic heterocycles. The summed E-state index contributed by atoms with van der Waals surface area (Å²) in [5.41, 5.74) is 0.746. The van der Waals surface area contributed by atoms with Crippen LogP contribution in [0, 0.1) is 11.7 Å². The van der Waals surface area contributed by atoms with E-state index >= 15 is 0 Å². The maximum Gasteiger partial charge on any atom is 0.300 e. The van der Waals surface area contributed by atoms with Crippen LogP contribution in [0.3, 0.4) is 0 Å². The van der Waals surface area contributed by atoms with Crippen LogP contribution in [0.2, 0.25) is 5.02 Å². The van der Waals surface area contributed by atoms with Gasteiger partial charge in [0.2, 0.25) is 0 Å². The standard InChI is InChI=1S/C26H22ClFN2O4/c1-15(2)14-34-18-7-5-6-16(12-18)24(31)22-23(21-8-3-4-11-29-21)30(26(33)25(22)32)17-9-10-20(28)19(27)13-17/h3-13,15,23,31H,14H2,1-2H3/b24-22+. The number of benzene rings is 2. The van der Waals surface area contributed by atoms with Crippen LogP contribution in [0.15, 0.2) is 72.4 Å². The van der Waals surface area contributed by atoms with E-state index in [-0.39, 0.29) is 22.0 Å². The van der Waals surface area contributed by atoms with E-state index in [0.29, 0.717) is 29.5 Å². The Bertz CT molecular complexity index is 1280. The molecule has 0 saturated carbocycles. The number of nitrogens with zero attached hydrogens (tertiary/aromatic N) is 2. The average molecular weight is 481 g/mol. The zero-order valence-corrected chi connectivity index (χ0v) is 19.3. The molecular formula is C26H22ClFN2O4. The van der Waals surface area contributed by atoms with Crippen molar-refractivity contribution < 1.29 is 23.8 Å². The lowest BCUT2D eigenvalue weighted by Gasteiger charge is -2.24. The molecule has 1 amide bonds. The number of hydrogen-bond acceptors (Lipinski definition) is 5. The predicted octanol–water partition coefficient (Wildman–Crippen LogP) is 5.54. The number of aromatic nitrogens is 1. The molecule has 0 radical (unpaired) electrons. The van der Waals surface area contributed by atoms with E-state index in [4.69, 9.17) is 16.3 Å². The molecule has 1 fully saturated rings. The van der Waals surface area contributed by atoms with E-state index in [0.717, 1.165) is 6.07 Å². The number of anilines is 1. The summed E-state index contributed by atoms with van der Waals surface area (Å²) in [5, 5.41) is 11.0. The smallest absolute Gasteiger partial charge is 0.300 e. The molecule has 0 aliphatic carbocycles. The minimum atomic E-state index is -1.04. The Balaban J connectivity index is 1.86. The van der Waals surface area contributed by atoms with Gasteiger partial charge in [-0.05, 0) is 48.4 Å². The number of ketones is 1. The summed E-state index contributed by atoms with van der Waals surface area (Å²) < 4.78 is 19.5. The molecule has 2 aromatic carbocycles. The monoisotopic (exact) mass is 480 g/mol. The Hall–Kier alpha value is -3.71. The number of Topliss-reactive ketones (excluding diaryl/α,β-unsaturated/α-hetero) is 1. The lowest BCUT2D eigenvalue weighted by atomic mass is 9.98. The van der Waals surface area contributed by atoms with Crippen molar-refractivity contribution in [3.63, 3.8) is 0 Å². The fourth-order valence-electron chi connectivity index (χ4n) is 3.70. The van der Waals surface area contributed by atoms with Crippen LogP contribution in [0.4, 0.5) is 10.1 Å². The van der Waals surface area contributed by atoms with Gasteiger partial charge < -0.3 is 9.84 Å². The highest BCUT2D eigenvalue weighted by molar-refractivity contribution is 6.51. The minimum absolute atomic E-state index is 0.134. The molecule has 34 heavy (non-hydrogen) atoms. The number of carbonyl (C=O) groups is 2. The van der Waals surface area contributed by atoms with Crippen molar-refractivity contribution in [3.8, 4) is 5.75 Å². The van der Waals surface area contributed by atoms with Gasteiger partial charge in [-0.2, -0.15) is 0 Å². The second kappa shape index (κ2) is 9.65. The van der Waals surface area contributed by atoms with Gasteiger partial charge in [0.05, 0.1) is 22.9 Å². The first-order valence-corrected chi connectivity index (χ1v) is 11.1. The van der Waals surface area contributed by atoms with Crippen LogP contribution >= 0.6 is 11.6 Å². The Morgan fingerprint density at radius 1 is 1.15 bits per heavy atom. The van der Waals surface area contributed by atoms with Crippen LogP contribution in [0.1, 0.15) is 31.1 Å². The van der Waals surface area contributed by atoms with Crippen molar-refractivity contribution in [2.75, 3.05) is 11.5 Å². The third-order valence-corrected chi connectivity index (χ3v) is 5.57. The molecule has 3 aromatic rings. The van der Waals surface area contributed by atoms with Crippen LogP contribution in [-0.2, 0) is 9.59 Å². The van der Waals surface area contributed by atoms with Gasteiger partial charge in [0.1, 0.15) is 23.4 Å². The Morgan fingerprint density at radius 3 is 2.62 bits per heavy atom. The number of carbonyl (C=O) groups excluding carboxylic acids is 2. The molecule has 1 aliphatic heterocycles. The molecule has 1 unspecified atom stereocenters. The molecule has 1 aliphatic rings. The number of ether oxygens (including phenoxy) is 1. The zero-order chi connectivity index (χ0) is 24.4. The molecule has 1 saturated heterocycles. The summed E-state index contributed by atoms with van der Waals surface area (Å²) in [6, 6.07) is 14.4. The zero-order valence-electron chi connectivity index (χ0n) is 18.5. The first kappa shape index (κ1) is 23.4. The van der Waals surface area contributed by atoms with Gasteiger partial charge in [-0.3, -0.25) is 19.5 Å². The third-order valence-electron chi connectivity index (χ3n) is 5.28. The van der Waals surface area contributed by atoms with E-state index in [1.54, 1.807) is 42.5 Å². The van der Waals surface area contributed by atoms with Gasteiger partial charge >= 0.3 is 0 Å². The Morgan fingerprint density at radius 2 is 1.94 bits per heavy atom. The van der Waals surface area contributed by atoms with Crippen molar-refractivity contribution in [2.45, 2.75) is 19.9 Å². The first-order valence-electron chi connectivity index (χ1n) is 10.7. The lowest BCUT2D eigenvalue weighted by molar-refractivity contribution is -0.132. The van der Waals surface area contributed by atoms with Crippen molar-refractivity contribution in [2.24, 2.45) is 5.92 Å². The molecule has 8 heteroatoms. The van der Waals surface area contributed by atoms with Gasteiger partial charge in [-0.15, -0.1) is 0 Å². The second-order valence-corrected chi connectivity index (χ2v) is 8.66. The second-order valence-electron chi connectivity index (χ2n) is 8.25. The lowest BCUT2D eigenvalue weighted by Crippen LogP contribution is -2.29. The molecule has 1 N–H and O–H groups in total. The van der Waals surface area contributed by atoms with Crippen molar-refractivity contribution in [3.05, 3.63) is 94.5 Å². The van der Waals surface area contributed by atoms with E-state index in [9.17, 15) is 19.1 Å². The van der Waals surface area contributed by atoms with Gasteiger partial charge in [0, 0.05) is 17.4 Å². The fraction of sp³-hybridized carbons (Fsp3) is 0.192. The Labute approximate surface area is 201 Å². The van der Waals surface area contributed by atoms with Crippen LogP contribution in [0.5, 0.6) is 5.75 Å². The Kier molecular flexibility index (Phi) is 6.65. The molecule has 4 rings (SSSR count). The van der Waals surface area contributed by atoms with Crippen molar-refractivity contribution in [1.82, 2.24) is 4.98 Å². The van der Waals surface area contributed by atoms with E-state index in [1.807, 2.05) is 13.8 Å². The number of pyridine rings is 1. The summed E-state index contributed by atoms with van der Waals surface area (Å²) in [4.78, 5) is 31.8. The first-order chi connectivity index (χ1) is 16.3. The van der Waals surface area contributed by atoms with Crippen LogP contribution < -0.4 is 9.64 Å². The van der Waals surface area contributed by atoms with E-state index in [1.165, 1.54) is 23.2 Å². The van der Waals surface area contributed by atoms with Gasteiger partial charge in [0.25, 0.3) is 11.7 Å². The average Bonchev–Trinajstić information content (AvgIpc) is 3.10. The molecule has 174 valence electrons. The number of rotatable bonds is 6. The van der Waals surface area contributed by atoms with Gasteiger partial charge in [-0.25, -0.2) is 4.39 Å². The fourth-order valence-corrected chi connectivity index (χ4v) is 3.88. The third kappa shape index (κ3) is 4.52. The number of hydrogen-bond donors (Lipinski definition) is 1. The largest absolute Gasteiger partial charge is 0.507 e. The van der Waals surface area contributed by atoms with E-state index in [2.05, 4.69) is 4.98 Å². The summed E-state index contributed by atoms with van der Waals surface area (Å²) in [6.45, 7) is 4.51. The summed E-state index contributed by atoms with van der Waals surface area (Å²) in [5.74, 6) is -1.97. The van der Waals surface area contributed by atoms with Crippen LogP contribution in [-0.4, -0.2) is 28.4 Å². The minimum Gasteiger partial charge on any atom is -0.507 e.